The second-order valence-electron chi connectivity index (χ2n) is 6.21. The van der Waals surface area contributed by atoms with Crippen molar-refractivity contribution in [3.63, 3.8) is 0 Å². The number of amides is 3. The summed E-state index contributed by atoms with van der Waals surface area (Å²) in [6.07, 6.45) is -5.04. The maximum Gasteiger partial charge on any atom is 0.425 e. The van der Waals surface area contributed by atoms with Crippen LogP contribution in [-0.4, -0.2) is 37.2 Å². The van der Waals surface area contributed by atoms with Crippen LogP contribution in [0.3, 0.4) is 0 Å². The van der Waals surface area contributed by atoms with Gasteiger partial charge in [-0.05, 0) is 33.1 Å². The fourth-order valence-electron chi connectivity index (χ4n) is 3.18. The average molecular weight is 473 g/mol. The molecule has 154 valence electrons. The van der Waals surface area contributed by atoms with Crippen molar-refractivity contribution in [3.05, 3.63) is 58.1 Å². The summed E-state index contributed by atoms with van der Waals surface area (Å²) in [5.41, 5.74) is -3.13. The van der Waals surface area contributed by atoms with Crippen molar-refractivity contribution >= 4 is 27.9 Å². The molecule has 1 saturated heterocycles. The van der Waals surface area contributed by atoms with E-state index in [4.69, 9.17) is 9.47 Å². The summed E-state index contributed by atoms with van der Waals surface area (Å²) in [5, 5.41) is 1.86. The molecule has 1 aliphatic heterocycles. The number of halogens is 4. The molecular weight excluding hydrogens is 457 g/mol. The van der Waals surface area contributed by atoms with Crippen molar-refractivity contribution in [2.75, 3.05) is 14.2 Å². The molecule has 0 radical (unpaired) electrons. The van der Waals surface area contributed by atoms with E-state index in [1.165, 1.54) is 44.6 Å². The molecule has 0 bridgehead atoms. The Kier molecular flexibility index (Phi) is 5.48. The van der Waals surface area contributed by atoms with Gasteiger partial charge >= 0.3 is 12.2 Å². The van der Waals surface area contributed by atoms with Crippen LogP contribution in [0.2, 0.25) is 0 Å². The third-order valence-corrected chi connectivity index (χ3v) is 5.50. The molecule has 1 N–H and O–H groups in total. The van der Waals surface area contributed by atoms with Crippen LogP contribution in [0, 0.1) is 0 Å². The standard InChI is InChI=1S/C19H16BrF3N2O4/c1-28-13-9-8-11(14(20)15(13)29-2)10-25-16(26)18(19(21,22)23,24-17(25)27)12-6-4-3-5-7-12/h3-9H,10H2,1-2H3,(H,24,27). The van der Waals surface area contributed by atoms with E-state index in [9.17, 15) is 22.8 Å². The van der Waals surface area contributed by atoms with Gasteiger partial charge in [-0.1, -0.05) is 36.4 Å². The van der Waals surface area contributed by atoms with Crippen LogP contribution in [0.5, 0.6) is 11.5 Å². The third kappa shape index (κ3) is 3.31. The van der Waals surface area contributed by atoms with Gasteiger partial charge in [0, 0.05) is 0 Å². The Labute approximate surface area is 172 Å². The second-order valence-corrected chi connectivity index (χ2v) is 7.00. The van der Waals surface area contributed by atoms with E-state index in [2.05, 4.69) is 15.9 Å². The van der Waals surface area contributed by atoms with Gasteiger partial charge in [0.15, 0.2) is 11.5 Å². The van der Waals surface area contributed by atoms with E-state index in [-0.39, 0.29) is 5.56 Å². The van der Waals surface area contributed by atoms with E-state index >= 15 is 0 Å². The summed E-state index contributed by atoms with van der Waals surface area (Å²) in [6, 6.07) is 8.49. The van der Waals surface area contributed by atoms with Crippen LogP contribution < -0.4 is 14.8 Å². The molecule has 0 aliphatic carbocycles. The lowest BCUT2D eigenvalue weighted by Gasteiger charge is -2.29. The zero-order chi connectivity index (χ0) is 21.4. The Morgan fingerprint density at radius 3 is 2.28 bits per heavy atom. The Morgan fingerprint density at radius 1 is 1.07 bits per heavy atom. The second kappa shape index (κ2) is 7.58. The molecule has 29 heavy (non-hydrogen) atoms. The molecule has 1 unspecified atom stereocenters. The van der Waals surface area contributed by atoms with E-state index in [1.54, 1.807) is 0 Å². The van der Waals surface area contributed by atoms with Crippen LogP contribution in [0.25, 0.3) is 0 Å². The van der Waals surface area contributed by atoms with Gasteiger partial charge in [-0.25, -0.2) is 4.79 Å². The zero-order valence-electron chi connectivity index (χ0n) is 15.3. The van der Waals surface area contributed by atoms with E-state index in [1.807, 2.05) is 5.32 Å². The molecule has 1 heterocycles. The van der Waals surface area contributed by atoms with E-state index in [0.29, 0.717) is 26.4 Å². The smallest absolute Gasteiger partial charge is 0.425 e. The fraction of sp³-hybridized carbons (Fsp3) is 0.263. The molecule has 3 amide bonds. The van der Waals surface area contributed by atoms with Crippen LogP contribution in [0.4, 0.5) is 18.0 Å². The molecule has 1 atom stereocenters. The number of carbonyl (C=O) groups excluding carboxylic acids is 2. The molecule has 0 aromatic heterocycles. The molecule has 0 spiro atoms. The predicted octanol–water partition coefficient (Wildman–Crippen LogP) is 3.98. The highest BCUT2D eigenvalue weighted by molar-refractivity contribution is 9.10. The monoisotopic (exact) mass is 472 g/mol. The topological polar surface area (TPSA) is 67.9 Å². The Morgan fingerprint density at radius 2 is 1.72 bits per heavy atom. The van der Waals surface area contributed by atoms with Gasteiger partial charge in [-0.3, -0.25) is 9.69 Å². The first kappa shape index (κ1) is 21.0. The normalized spacial score (nSPS) is 19.3. The molecule has 3 rings (SSSR count). The van der Waals surface area contributed by atoms with Crippen molar-refractivity contribution in [1.82, 2.24) is 10.2 Å². The van der Waals surface area contributed by atoms with E-state index in [0.717, 1.165) is 12.1 Å². The van der Waals surface area contributed by atoms with Gasteiger partial charge < -0.3 is 14.8 Å². The molecule has 2 aromatic rings. The SMILES string of the molecule is COc1ccc(CN2C(=O)NC(c3ccccc3)(C(F)(F)F)C2=O)c(Br)c1OC. The first-order valence-electron chi connectivity index (χ1n) is 8.33. The molecule has 6 nitrogen and oxygen atoms in total. The fourth-order valence-corrected chi connectivity index (χ4v) is 3.80. The number of hydrogen-bond acceptors (Lipinski definition) is 4. The summed E-state index contributed by atoms with van der Waals surface area (Å²) < 4.78 is 52.8. The van der Waals surface area contributed by atoms with Gasteiger partial charge in [0.1, 0.15) is 0 Å². The third-order valence-electron chi connectivity index (χ3n) is 4.63. The summed E-state index contributed by atoms with van der Waals surface area (Å²) in [7, 11) is 2.82. The average Bonchev–Trinajstić information content (AvgIpc) is 2.95. The Hall–Kier alpha value is -2.75. The first-order chi connectivity index (χ1) is 13.7. The van der Waals surface area contributed by atoms with Gasteiger partial charge in [0.2, 0.25) is 5.54 Å². The molecule has 2 aromatic carbocycles. The highest BCUT2D eigenvalue weighted by atomic mass is 79.9. The van der Waals surface area contributed by atoms with Crippen LogP contribution >= 0.6 is 15.9 Å². The number of ether oxygens (including phenoxy) is 2. The number of urea groups is 1. The number of nitrogens with zero attached hydrogens (tertiary/aromatic N) is 1. The van der Waals surface area contributed by atoms with Gasteiger partial charge in [0.05, 0.1) is 25.2 Å². The Bertz CT molecular complexity index is 952. The summed E-state index contributed by atoms with van der Waals surface area (Å²) >= 11 is 3.30. The number of benzene rings is 2. The number of methoxy groups -OCH3 is 2. The summed E-state index contributed by atoms with van der Waals surface area (Å²) in [5.74, 6) is -0.723. The number of rotatable bonds is 5. The minimum atomic E-state index is -5.04. The zero-order valence-corrected chi connectivity index (χ0v) is 16.9. The summed E-state index contributed by atoms with van der Waals surface area (Å²) in [4.78, 5) is 25.9. The first-order valence-corrected chi connectivity index (χ1v) is 9.12. The number of alkyl halides is 3. The lowest BCUT2D eigenvalue weighted by molar-refractivity contribution is -0.198. The Balaban J connectivity index is 2.03. The number of imide groups is 1. The summed E-state index contributed by atoms with van der Waals surface area (Å²) in [6.45, 7) is -0.393. The highest BCUT2D eigenvalue weighted by Gasteiger charge is 2.68. The number of carbonyl (C=O) groups is 2. The molecule has 1 fully saturated rings. The van der Waals surface area contributed by atoms with Crippen LogP contribution in [-0.2, 0) is 16.9 Å². The highest BCUT2D eigenvalue weighted by Crippen LogP contribution is 2.44. The largest absolute Gasteiger partial charge is 0.493 e. The maximum absolute atomic E-state index is 14.0. The van der Waals surface area contributed by atoms with Crippen molar-refractivity contribution in [2.24, 2.45) is 0 Å². The lowest BCUT2D eigenvalue weighted by atomic mass is 9.89. The van der Waals surface area contributed by atoms with Gasteiger partial charge in [-0.2, -0.15) is 13.2 Å². The number of hydrogen-bond donors (Lipinski definition) is 1. The van der Waals surface area contributed by atoms with Crippen LogP contribution in [0.15, 0.2) is 46.9 Å². The van der Waals surface area contributed by atoms with Gasteiger partial charge in [0.25, 0.3) is 5.91 Å². The number of nitrogens with one attached hydrogen (secondary N) is 1. The quantitative estimate of drug-likeness (QED) is 0.668. The lowest BCUT2D eigenvalue weighted by Crippen LogP contribution is -2.55. The maximum atomic E-state index is 14.0. The minimum Gasteiger partial charge on any atom is -0.493 e. The molecule has 0 saturated carbocycles. The van der Waals surface area contributed by atoms with Gasteiger partial charge in [-0.15, -0.1) is 0 Å². The van der Waals surface area contributed by atoms with E-state index < -0.39 is 30.2 Å². The van der Waals surface area contributed by atoms with Crippen molar-refractivity contribution in [2.45, 2.75) is 18.3 Å². The molecular formula is C19H16BrF3N2O4. The predicted molar refractivity (Wildman–Crippen MR) is 101 cm³/mol. The van der Waals surface area contributed by atoms with Crippen molar-refractivity contribution in [1.29, 1.82) is 0 Å². The minimum absolute atomic E-state index is 0.294. The van der Waals surface area contributed by atoms with Crippen molar-refractivity contribution in [3.8, 4) is 11.5 Å². The molecule has 1 aliphatic rings. The molecule has 10 heteroatoms. The van der Waals surface area contributed by atoms with Crippen LogP contribution in [0.1, 0.15) is 11.1 Å². The van der Waals surface area contributed by atoms with Crippen molar-refractivity contribution < 1.29 is 32.2 Å².